The summed E-state index contributed by atoms with van der Waals surface area (Å²) in [5.41, 5.74) is 0.641. The highest BCUT2D eigenvalue weighted by molar-refractivity contribution is 5.72. The highest BCUT2D eigenvalue weighted by atomic mass is 16.6. The van der Waals surface area contributed by atoms with Gasteiger partial charge in [0.25, 0.3) is 0 Å². The van der Waals surface area contributed by atoms with Gasteiger partial charge in [-0.05, 0) is 57.9 Å². The predicted molar refractivity (Wildman–Crippen MR) is 120 cm³/mol. The van der Waals surface area contributed by atoms with Gasteiger partial charge in [0.15, 0.2) is 0 Å². The number of unbranched alkanes of at least 4 members (excludes halogenated alkanes) is 4. The van der Waals surface area contributed by atoms with Gasteiger partial charge in [-0.3, -0.25) is 9.59 Å². The first-order valence-electron chi connectivity index (χ1n) is 11.8. The van der Waals surface area contributed by atoms with Crippen LogP contribution in [0.4, 0.5) is 0 Å². The van der Waals surface area contributed by atoms with Gasteiger partial charge < -0.3 is 9.47 Å². The highest BCUT2D eigenvalue weighted by Crippen LogP contribution is 2.35. The Morgan fingerprint density at radius 2 is 1.60 bits per heavy atom. The molecule has 1 aromatic rings. The summed E-state index contributed by atoms with van der Waals surface area (Å²) in [5.74, 6) is 0.402. The Kier molecular flexibility index (Phi) is 10.4. The summed E-state index contributed by atoms with van der Waals surface area (Å²) in [7, 11) is 0. The molecule has 0 aliphatic heterocycles. The fourth-order valence-electron chi connectivity index (χ4n) is 4.30. The van der Waals surface area contributed by atoms with E-state index in [-0.39, 0.29) is 17.9 Å². The normalized spacial score (nSPS) is 15.7. The second kappa shape index (κ2) is 12.8. The molecule has 4 heteroatoms. The molecule has 0 spiro atoms. The SMILES string of the molecule is CC(C)(C)OC(=O)CCCCCCCC(C(=O)OCc1ccccc1)C1CCCC1. The molecule has 4 nitrogen and oxygen atoms in total. The van der Waals surface area contributed by atoms with E-state index in [0.29, 0.717) is 18.9 Å². The summed E-state index contributed by atoms with van der Waals surface area (Å²) >= 11 is 0. The minimum absolute atomic E-state index is 0.0179. The highest BCUT2D eigenvalue weighted by Gasteiger charge is 2.31. The van der Waals surface area contributed by atoms with E-state index in [0.717, 1.165) is 56.9 Å². The lowest BCUT2D eigenvalue weighted by molar-refractivity contribution is -0.155. The molecule has 1 unspecified atom stereocenters. The molecule has 1 aliphatic carbocycles. The average molecular weight is 417 g/mol. The van der Waals surface area contributed by atoms with Crippen molar-refractivity contribution in [2.45, 2.75) is 104 Å². The van der Waals surface area contributed by atoms with E-state index in [4.69, 9.17) is 9.47 Å². The van der Waals surface area contributed by atoms with Crippen LogP contribution in [0.1, 0.15) is 97.0 Å². The third kappa shape index (κ3) is 9.77. The summed E-state index contributed by atoms with van der Waals surface area (Å²) < 4.78 is 11.0. The summed E-state index contributed by atoms with van der Waals surface area (Å²) in [6.45, 7) is 6.07. The van der Waals surface area contributed by atoms with Crippen LogP contribution in [-0.2, 0) is 25.7 Å². The van der Waals surface area contributed by atoms with E-state index in [1.807, 2.05) is 51.1 Å². The first-order chi connectivity index (χ1) is 14.3. The summed E-state index contributed by atoms with van der Waals surface area (Å²) in [5, 5.41) is 0. The van der Waals surface area contributed by atoms with Crippen molar-refractivity contribution in [3.63, 3.8) is 0 Å². The monoisotopic (exact) mass is 416 g/mol. The predicted octanol–water partition coefficient (Wildman–Crippen LogP) is 6.61. The number of ether oxygens (including phenoxy) is 2. The molecule has 0 bridgehead atoms. The number of rotatable bonds is 12. The zero-order valence-corrected chi connectivity index (χ0v) is 19.2. The van der Waals surface area contributed by atoms with Crippen LogP contribution in [0.5, 0.6) is 0 Å². The van der Waals surface area contributed by atoms with Crippen molar-refractivity contribution in [1.29, 1.82) is 0 Å². The standard InChI is InChI=1S/C26H40O4/c1-26(2,3)30-24(27)19-11-6-4-5-10-18-23(22-16-12-13-17-22)25(28)29-20-21-14-8-7-9-15-21/h7-9,14-15,22-23H,4-6,10-13,16-20H2,1-3H3. The number of esters is 2. The lowest BCUT2D eigenvalue weighted by atomic mass is 9.86. The molecule has 1 aliphatic rings. The molecule has 1 atom stereocenters. The van der Waals surface area contributed by atoms with Crippen LogP contribution in [0.15, 0.2) is 30.3 Å². The summed E-state index contributed by atoms with van der Waals surface area (Å²) in [4.78, 5) is 24.5. The van der Waals surface area contributed by atoms with Gasteiger partial charge in [-0.15, -0.1) is 0 Å². The fraction of sp³-hybridized carbons (Fsp3) is 0.692. The first kappa shape index (κ1) is 24.4. The van der Waals surface area contributed by atoms with Crippen molar-refractivity contribution >= 4 is 11.9 Å². The van der Waals surface area contributed by atoms with Crippen LogP contribution in [0, 0.1) is 11.8 Å². The lowest BCUT2D eigenvalue weighted by Gasteiger charge is -2.22. The summed E-state index contributed by atoms with van der Waals surface area (Å²) in [6, 6.07) is 9.91. The van der Waals surface area contributed by atoms with Crippen LogP contribution in [-0.4, -0.2) is 17.5 Å². The van der Waals surface area contributed by atoms with E-state index in [2.05, 4.69) is 0 Å². The van der Waals surface area contributed by atoms with E-state index in [9.17, 15) is 9.59 Å². The van der Waals surface area contributed by atoms with E-state index in [1.165, 1.54) is 12.8 Å². The van der Waals surface area contributed by atoms with Gasteiger partial charge in [0, 0.05) is 6.42 Å². The molecule has 1 fully saturated rings. The van der Waals surface area contributed by atoms with E-state index in [1.54, 1.807) is 0 Å². The molecule has 2 rings (SSSR count). The van der Waals surface area contributed by atoms with Crippen molar-refractivity contribution in [1.82, 2.24) is 0 Å². The van der Waals surface area contributed by atoms with Gasteiger partial charge in [0.05, 0.1) is 5.92 Å². The van der Waals surface area contributed by atoms with E-state index >= 15 is 0 Å². The zero-order chi connectivity index (χ0) is 21.8. The smallest absolute Gasteiger partial charge is 0.309 e. The Hall–Kier alpha value is -1.84. The molecule has 0 saturated heterocycles. The first-order valence-corrected chi connectivity index (χ1v) is 11.8. The third-order valence-electron chi connectivity index (χ3n) is 5.81. The number of hydrogen-bond acceptors (Lipinski definition) is 4. The van der Waals surface area contributed by atoms with Crippen molar-refractivity contribution in [3.8, 4) is 0 Å². The van der Waals surface area contributed by atoms with Crippen molar-refractivity contribution < 1.29 is 19.1 Å². The Labute approximate surface area is 182 Å². The number of hydrogen-bond donors (Lipinski definition) is 0. The van der Waals surface area contributed by atoms with Gasteiger partial charge in [-0.25, -0.2) is 0 Å². The number of benzene rings is 1. The fourth-order valence-corrected chi connectivity index (χ4v) is 4.30. The van der Waals surface area contributed by atoms with E-state index < -0.39 is 5.60 Å². The van der Waals surface area contributed by atoms with Crippen LogP contribution >= 0.6 is 0 Å². The number of carbonyl (C=O) groups excluding carboxylic acids is 2. The van der Waals surface area contributed by atoms with Gasteiger partial charge in [0.1, 0.15) is 12.2 Å². The lowest BCUT2D eigenvalue weighted by Crippen LogP contribution is -2.24. The van der Waals surface area contributed by atoms with Crippen LogP contribution < -0.4 is 0 Å². The minimum Gasteiger partial charge on any atom is -0.461 e. The second-order valence-electron chi connectivity index (χ2n) is 9.64. The Morgan fingerprint density at radius 3 is 2.27 bits per heavy atom. The molecule has 0 heterocycles. The molecular weight excluding hydrogens is 376 g/mol. The zero-order valence-electron chi connectivity index (χ0n) is 19.2. The maximum atomic E-state index is 12.8. The van der Waals surface area contributed by atoms with Gasteiger partial charge in [0.2, 0.25) is 0 Å². The summed E-state index contributed by atoms with van der Waals surface area (Å²) in [6.07, 6.45) is 11.3. The van der Waals surface area contributed by atoms with Gasteiger partial charge >= 0.3 is 11.9 Å². The Balaban J connectivity index is 1.66. The van der Waals surface area contributed by atoms with Crippen LogP contribution in [0.3, 0.4) is 0 Å². The van der Waals surface area contributed by atoms with Crippen molar-refractivity contribution in [2.24, 2.45) is 11.8 Å². The molecule has 0 radical (unpaired) electrons. The second-order valence-corrected chi connectivity index (χ2v) is 9.64. The average Bonchev–Trinajstić information content (AvgIpc) is 3.22. The maximum Gasteiger partial charge on any atom is 0.309 e. The molecular formula is C26H40O4. The van der Waals surface area contributed by atoms with Gasteiger partial charge in [-0.1, -0.05) is 68.9 Å². The molecule has 168 valence electrons. The van der Waals surface area contributed by atoms with Crippen LogP contribution in [0.2, 0.25) is 0 Å². The largest absolute Gasteiger partial charge is 0.461 e. The molecule has 30 heavy (non-hydrogen) atoms. The quantitative estimate of drug-likeness (QED) is 0.284. The molecule has 0 amide bonds. The van der Waals surface area contributed by atoms with Gasteiger partial charge in [-0.2, -0.15) is 0 Å². The van der Waals surface area contributed by atoms with Crippen molar-refractivity contribution in [3.05, 3.63) is 35.9 Å². The third-order valence-corrected chi connectivity index (χ3v) is 5.81. The Morgan fingerprint density at radius 1 is 0.967 bits per heavy atom. The minimum atomic E-state index is -0.401. The number of carbonyl (C=O) groups is 2. The van der Waals surface area contributed by atoms with Crippen molar-refractivity contribution in [2.75, 3.05) is 0 Å². The van der Waals surface area contributed by atoms with Crippen LogP contribution in [0.25, 0.3) is 0 Å². The molecule has 0 N–H and O–H groups in total. The molecule has 1 saturated carbocycles. The topological polar surface area (TPSA) is 52.6 Å². The molecule has 0 aromatic heterocycles. The Bertz CT molecular complexity index is 626. The molecule has 1 aromatic carbocycles. The maximum absolute atomic E-state index is 12.8.